The van der Waals surface area contributed by atoms with Gasteiger partial charge in [-0.3, -0.25) is 0 Å². The molecule has 1 aromatic carbocycles. The van der Waals surface area contributed by atoms with Crippen LogP contribution in [-0.2, 0) is 6.18 Å². The Hall–Kier alpha value is -1.27. The summed E-state index contributed by atoms with van der Waals surface area (Å²) >= 11 is 11.1. The van der Waals surface area contributed by atoms with Crippen LogP contribution in [0.3, 0.4) is 0 Å². The van der Waals surface area contributed by atoms with Gasteiger partial charge in [-0.2, -0.15) is 13.2 Å². The molecule has 0 N–H and O–H groups in total. The van der Waals surface area contributed by atoms with E-state index in [1.54, 1.807) is 0 Å². The van der Waals surface area contributed by atoms with Crippen LogP contribution >= 0.6 is 23.2 Å². The average Bonchev–Trinajstić information content (AvgIpc) is 2.68. The number of benzene rings is 1. The second kappa shape index (κ2) is 4.19. The number of aromatic nitrogens is 2. The van der Waals surface area contributed by atoms with Gasteiger partial charge in [-0.05, 0) is 12.1 Å². The standard InChI is InChI=1S/C9H3Cl2F3N2O/c10-5-2-1-4(8-16-15-3-17-8)7(11)6(5)9(12,13)14/h1-3H. The zero-order valence-electron chi connectivity index (χ0n) is 7.92. The van der Waals surface area contributed by atoms with Crippen LogP contribution in [0.1, 0.15) is 5.56 Å². The molecule has 0 fully saturated rings. The van der Waals surface area contributed by atoms with E-state index in [0.29, 0.717) is 0 Å². The van der Waals surface area contributed by atoms with E-state index in [9.17, 15) is 13.2 Å². The third-order valence-electron chi connectivity index (χ3n) is 1.97. The van der Waals surface area contributed by atoms with Crippen LogP contribution in [0.2, 0.25) is 10.0 Å². The van der Waals surface area contributed by atoms with Gasteiger partial charge in [0, 0.05) is 0 Å². The van der Waals surface area contributed by atoms with Crippen molar-refractivity contribution in [3.05, 3.63) is 34.1 Å². The molecule has 8 heteroatoms. The number of rotatable bonds is 1. The third-order valence-corrected chi connectivity index (χ3v) is 2.67. The van der Waals surface area contributed by atoms with Crippen molar-refractivity contribution in [1.29, 1.82) is 0 Å². The Labute approximate surface area is 103 Å². The summed E-state index contributed by atoms with van der Waals surface area (Å²) in [6.07, 6.45) is -3.66. The van der Waals surface area contributed by atoms with Gasteiger partial charge in [-0.1, -0.05) is 23.2 Å². The molecule has 0 saturated heterocycles. The smallest absolute Gasteiger partial charge is 0.419 e. The molecule has 1 heterocycles. The Morgan fingerprint density at radius 2 is 1.88 bits per heavy atom. The van der Waals surface area contributed by atoms with E-state index in [0.717, 1.165) is 12.5 Å². The Bertz CT molecular complexity index is 540. The van der Waals surface area contributed by atoms with Crippen molar-refractivity contribution in [1.82, 2.24) is 10.2 Å². The lowest BCUT2D eigenvalue weighted by atomic mass is 10.1. The number of hydrogen-bond acceptors (Lipinski definition) is 3. The molecule has 0 aliphatic heterocycles. The van der Waals surface area contributed by atoms with E-state index in [-0.39, 0.29) is 11.5 Å². The molecule has 2 aromatic rings. The molecule has 0 aliphatic carbocycles. The fraction of sp³-hybridized carbons (Fsp3) is 0.111. The Morgan fingerprint density at radius 1 is 1.18 bits per heavy atom. The maximum absolute atomic E-state index is 12.7. The summed E-state index contributed by atoms with van der Waals surface area (Å²) in [5.41, 5.74) is -1.13. The van der Waals surface area contributed by atoms with Crippen LogP contribution in [-0.4, -0.2) is 10.2 Å². The first kappa shape index (κ1) is 12.2. The van der Waals surface area contributed by atoms with E-state index >= 15 is 0 Å². The van der Waals surface area contributed by atoms with Crippen LogP contribution in [0.15, 0.2) is 22.9 Å². The van der Waals surface area contributed by atoms with Crippen molar-refractivity contribution >= 4 is 23.2 Å². The monoisotopic (exact) mass is 282 g/mol. The molecular formula is C9H3Cl2F3N2O. The largest absolute Gasteiger partial charge is 0.423 e. The van der Waals surface area contributed by atoms with Gasteiger partial charge in [-0.25, -0.2) is 0 Å². The highest BCUT2D eigenvalue weighted by molar-refractivity contribution is 6.37. The predicted octanol–water partition coefficient (Wildman–Crippen LogP) is 4.06. The van der Waals surface area contributed by atoms with Gasteiger partial charge in [0.15, 0.2) is 0 Å². The van der Waals surface area contributed by atoms with Gasteiger partial charge in [0.1, 0.15) is 0 Å². The van der Waals surface area contributed by atoms with E-state index < -0.39 is 21.8 Å². The average molecular weight is 283 g/mol. The molecule has 0 saturated carbocycles. The van der Waals surface area contributed by atoms with Gasteiger partial charge >= 0.3 is 6.18 Å². The van der Waals surface area contributed by atoms with E-state index in [4.69, 9.17) is 27.6 Å². The van der Waals surface area contributed by atoms with Gasteiger partial charge in [0.05, 0.1) is 21.2 Å². The van der Waals surface area contributed by atoms with E-state index in [2.05, 4.69) is 10.2 Å². The molecule has 0 aliphatic rings. The molecule has 90 valence electrons. The van der Waals surface area contributed by atoms with Crippen LogP contribution in [0.5, 0.6) is 0 Å². The summed E-state index contributed by atoms with van der Waals surface area (Å²) in [7, 11) is 0. The minimum atomic E-state index is -4.65. The molecule has 0 radical (unpaired) electrons. The van der Waals surface area contributed by atoms with Gasteiger partial charge in [-0.15, -0.1) is 10.2 Å². The van der Waals surface area contributed by atoms with Gasteiger partial charge in [0.2, 0.25) is 12.3 Å². The second-order valence-electron chi connectivity index (χ2n) is 3.03. The second-order valence-corrected chi connectivity index (χ2v) is 3.81. The van der Waals surface area contributed by atoms with E-state index in [1.807, 2.05) is 0 Å². The molecule has 0 amide bonds. The Balaban J connectivity index is 2.66. The van der Waals surface area contributed by atoms with Crippen molar-refractivity contribution in [2.45, 2.75) is 6.18 Å². The highest BCUT2D eigenvalue weighted by Gasteiger charge is 2.37. The topological polar surface area (TPSA) is 38.9 Å². The molecular weight excluding hydrogens is 280 g/mol. The maximum Gasteiger partial charge on any atom is 0.419 e. The summed E-state index contributed by atoms with van der Waals surface area (Å²) in [6, 6.07) is 2.36. The molecule has 3 nitrogen and oxygen atoms in total. The SMILES string of the molecule is FC(F)(F)c1c(Cl)ccc(-c2nnco2)c1Cl. The molecule has 0 bridgehead atoms. The normalized spacial score (nSPS) is 11.8. The van der Waals surface area contributed by atoms with Crippen molar-refractivity contribution in [3.8, 4) is 11.5 Å². The van der Waals surface area contributed by atoms with Crippen LogP contribution in [0.4, 0.5) is 13.2 Å². The first-order chi connectivity index (χ1) is 7.91. The number of nitrogens with zero attached hydrogens (tertiary/aromatic N) is 2. The lowest BCUT2D eigenvalue weighted by Crippen LogP contribution is -2.07. The fourth-order valence-corrected chi connectivity index (χ4v) is 1.93. The molecule has 17 heavy (non-hydrogen) atoms. The maximum atomic E-state index is 12.7. The highest BCUT2D eigenvalue weighted by atomic mass is 35.5. The summed E-state index contributed by atoms with van der Waals surface area (Å²) in [5.74, 6) is -0.0998. The lowest BCUT2D eigenvalue weighted by molar-refractivity contribution is -0.137. The molecule has 0 spiro atoms. The molecule has 2 rings (SSSR count). The third kappa shape index (κ3) is 2.23. The zero-order valence-corrected chi connectivity index (χ0v) is 9.44. The van der Waals surface area contributed by atoms with Crippen molar-refractivity contribution < 1.29 is 17.6 Å². The summed E-state index contributed by atoms with van der Waals surface area (Å²) < 4.78 is 42.9. The quantitative estimate of drug-likeness (QED) is 0.792. The minimum Gasteiger partial charge on any atom is -0.423 e. The van der Waals surface area contributed by atoms with E-state index in [1.165, 1.54) is 6.07 Å². The summed E-state index contributed by atoms with van der Waals surface area (Å²) in [6.45, 7) is 0. The first-order valence-corrected chi connectivity index (χ1v) is 4.98. The lowest BCUT2D eigenvalue weighted by Gasteiger charge is -2.12. The summed E-state index contributed by atoms with van der Waals surface area (Å²) in [4.78, 5) is 0. The predicted molar refractivity (Wildman–Crippen MR) is 54.8 cm³/mol. The Morgan fingerprint density at radius 3 is 2.41 bits per heavy atom. The fourth-order valence-electron chi connectivity index (χ4n) is 1.27. The van der Waals surface area contributed by atoms with Gasteiger partial charge in [0.25, 0.3) is 0 Å². The number of hydrogen-bond donors (Lipinski definition) is 0. The van der Waals surface area contributed by atoms with Crippen LogP contribution in [0.25, 0.3) is 11.5 Å². The van der Waals surface area contributed by atoms with Crippen molar-refractivity contribution in [2.75, 3.05) is 0 Å². The van der Waals surface area contributed by atoms with Crippen LogP contribution in [0, 0.1) is 0 Å². The zero-order chi connectivity index (χ0) is 12.6. The summed E-state index contributed by atoms with van der Waals surface area (Å²) in [5, 5.41) is 5.81. The molecule has 0 atom stereocenters. The molecule has 1 aromatic heterocycles. The minimum absolute atomic E-state index is 0.0131. The van der Waals surface area contributed by atoms with Crippen LogP contribution < -0.4 is 0 Å². The molecule has 0 unspecified atom stereocenters. The van der Waals surface area contributed by atoms with Crippen molar-refractivity contribution in [2.24, 2.45) is 0 Å². The highest BCUT2D eigenvalue weighted by Crippen LogP contribution is 2.43. The van der Waals surface area contributed by atoms with Crippen molar-refractivity contribution in [3.63, 3.8) is 0 Å². The number of halogens is 5. The Kier molecular flexibility index (Phi) is 3.01. The first-order valence-electron chi connectivity index (χ1n) is 4.23. The van der Waals surface area contributed by atoms with Gasteiger partial charge < -0.3 is 4.42 Å². The number of alkyl halides is 3.